The maximum atomic E-state index is 12.8. The van der Waals surface area contributed by atoms with E-state index < -0.39 is 0 Å². The molecule has 2 nitrogen and oxygen atoms in total. The molecule has 0 aliphatic carbocycles. The summed E-state index contributed by atoms with van der Waals surface area (Å²) in [6, 6.07) is 4.48. The lowest BCUT2D eigenvalue weighted by atomic mass is 10.2. The molecular weight excluding hydrogens is 193 g/mol. The molecule has 1 rings (SSSR count). The first kappa shape index (κ1) is 11.7. The van der Waals surface area contributed by atoms with Gasteiger partial charge in [-0.1, -0.05) is 6.58 Å². The van der Waals surface area contributed by atoms with Gasteiger partial charge in [0, 0.05) is 6.54 Å². The third-order valence-corrected chi connectivity index (χ3v) is 2.00. The number of hydrogen-bond acceptors (Lipinski definition) is 2. The van der Waals surface area contributed by atoms with Gasteiger partial charge in [0.1, 0.15) is 18.2 Å². The zero-order valence-electron chi connectivity index (χ0n) is 9.14. The second kappa shape index (κ2) is 5.51. The SMILES string of the molecule is C=C(CNC)COc1ccc(F)cc1C. The lowest BCUT2D eigenvalue weighted by molar-refractivity contribution is 0.346. The number of ether oxygens (including phenoxy) is 1. The molecule has 0 aromatic heterocycles. The molecule has 0 aliphatic heterocycles. The van der Waals surface area contributed by atoms with Crippen molar-refractivity contribution >= 4 is 0 Å². The Hall–Kier alpha value is -1.35. The van der Waals surface area contributed by atoms with E-state index in [1.54, 1.807) is 6.07 Å². The number of hydrogen-bond donors (Lipinski definition) is 1. The monoisotopic (exact) mass is 209 g/mol. The van der Waals surface area contributed by atoms with Gasteiger partial charge in [0.05, 0.1) is 0 Å². The minimum atomic E-state index is -0.242. The van der Waals surface area contributed by atoms with Crippen molar-refractivity contribution in [2.75, 3.05) is 20.2 Å². The molecular formula is C12H16FNO. The van der Waals surface area contributed by atoms with Crippen LogP contribution in [0.4, 0.5) is 4.39 Å². The van der Waals surface area contributed by atoms with Gasteiger partial charge in [0.25, 0.3) is 0 Å². The highest BCUT2D eigenvalue weighted by atomic mass is 19.1. The molecule has 1 aromatic rings. The van der Waals surface area contributed by atoms with Crippen LogP contribution in [0.2, 0.25) is 0 Å². The average molecular weight is 209 g/mol. The summed E-state index contributed by atoms with van der Waals surface area (Å²) < 4.78 is 18.3. The topological polar surface area (TPSA) is 21.3 Å². The summed E-state index contributed by atoms with van der Waals surface area (Å²) in [6.45, 7) is 6.84. The van der Waals surface area contributed by atoms with Crippen LogP contribution in [0, 0.1) is 12.7 Å². The van der Waals surface area contributed by atoms with Crippen LogP contribution >= 0.6 is 0 Å². The van der Waals surface area contributed by atoms with Crippen molar-refractivity contribution in [3.05, 3.63) is 41.7 Å². The molecule has 1 aromatic carbocycles. The molecule has 0 atom stereocenters. The largest absolute Gasteiger partial charge is 0.489 e. The van der Waals surface area contributed by atoms with Gasteiger partial charge < -0.3 is 10.1 Å². The molecule has 0 saturated carbocycles. The number of likely N-dealkylation sites (N-methyl/N-ethyl adjacent to an activating group) is 1. The van der Waals surface area contributed by atoms with E-state index in [2.05, 4.69) is 11.9 Å². The zero-order chi connectivity index (χ0) is 11.3. The predicted octanol–water partition coefficient (Wildman–Crippen LogP) is 2.29. The molecule has 0 heterocycles. The first-order chi connectivity index (χ1) is 7.13. The Kier molecular flexibility index (Phi) is 4.31. The minimum Gasteiger partial charge on any atom is -0.489 e. The Balaban J connectivity index is 2.54. The summed E-state index contributed by atoms with van der Waals surface area (Å²) in [5.74, 6) is 0.461. The van der Waals surface area contributed by atoms with E-state index in [9.17, 15) is 4.39 Å². The van der Waals surface area contributed by atoms with Gasteiger partial charge in [0.2, 0.25) is 0 Å². The van der Waals surface area contributed by atoms with E-state index in [4.69, 9.17) is 4.74 Å². The summed E-state index contributed by atoms with van der Waals surface area (Å²) in [6.07, 6.45) is 0. The molecule has 0 radical (unpaired) electrons. The van der Waals surface area contributed by atoms with E-state index in [1.165, 1.54) is 12.1 Å². The molecule has 0 bridgehead atoms. The average Bonchev–Trinajstić information content (AvgIpc) is 2.17. The molecule has 3 heteroatoms. The second-order valence-corrected chi connectivity index (χ2v) is 3.48. The molecule has 0 fully saturated rings. The van der Waals surface area contributed by atoms with Crippen molar-refractivity contribution in [1.82, 2.24) is 5.32 Å². The summed E-state index contributed by atoms with van der Waals surface area (Å²) in [7, 11) is 1.86. The molecule has 0 amide bonds. The lowest BCUT2D eigenvalue weighted by Crippen LogP contribution is -2.14. The predicted molar refractivity (Wildman–Crippen MR) is 59.7 cm³/mol. The van der Waals surface area contributed by atoms with Crippen molar-refractivity contribution in [1.29, 1.82) is 0 Å². The van der Waals surface area contributed by atoms with Crippen LogP contribution in [0.15, 0.2) is 30.4 Å². The number of rotatable bonds is 5. The molecule has 82 valence electrons. The third-order valence-electron chi connectivity index (χ3n) is 2.00. The summed E-state index contributed by atoms with van der Waals surface area (Å²) in [5, 5.41) is 2.99. The summed E-state index contributed by atoms with van der Waals surface area (Å²) in [4.78, 5) is 0. The van der Waals surface area contributed by atoms with E-state index in [-0.39, 0.29) is 5.82 Å². The zero-order valence-corrected chi connectivity index (χ0v) is 9.14. The van der Waals surface area contributed by atoms with E-state index in [1.807, 2.05) is 14.0 Å². The van der Waals surface area contributed by atoms with Crippen molar-refractivity contribution < 1.29 is 9.13 Å². The van der Waals surface area contributed by atoms with Crippen molar-refractivity contribution in [2.45, 2.75) is 6.92 Å². The van der Waals surface area contributed by atoms with Crippen LogP contribution < -0.4 is 10.1 Å². The lowest BCUT2D eigenvalue weighted by Gasteiger charge is -2.10. The molecule has 15 heavy (non-hydrogen) atoms. The van der Waals surface area contributed by atoms with Crippen molar-refractivity contribution in [3.63, 3.8) is 0 Å². The highest BCUT2D eigenvalue weighted by molar-refractivity contribution is 5.32. The Morgan fingerprint density at radius 3 is 2.87 bits per heavy atom. The van der Waals surface area contributed by atoms with Gasteiger partial charge >= 0.3 is 0 Å². The van der Waals surface area contributed by atoms with Gasteiger partial charge in [-0.25, -0.2) is 4.39 Å². The van der Waals surface area contributed by atoms with Crippen LogP contribution in [0.1, 0.15) is 5.56 Å². The molecule has 0 aliphatic rings. The van der Waals surface area contributed by atoms with Crippen LogP contribution in [-0.2, 0) is 0 Å². The van der Waals surface area contributed by atoms with Gasteiger partial charge in [-0.2, -0.15) is 0 Å². The Morgan fingerprint density at radius 2 is 2.27 bits per heavy atom. The normalized spacial score (nSPS) is 10.1. The first-order valence-electron chi connectivity index (χ1n) is 4.83. The standard InChI is InChI=1S/C12H16FNO/c1-9(7-14-3)8-15-12-5-4-11(13)6-10(12)2/h4-6,14H,1,7-8H2,2-3H3. The van der Waals surface area contributed by atoms with E-state index >= 15 is 0 Å². The number of halogens is 1. The van der Waals surface area contributed by atoms with Crippen LogP contribution in [0.5, 0.6) is 5.75 Å². The van der Waals surface area contributed by atoms with Crippen LogP contribution in [0.3, 0.4) is 0 Å². The maximum Gasteiger partial charge on any atom is 0.123 e. The molecule has 1 N–H and O–H groups in total. The van der Waals surface area contributed by atoms with Gasteiger partial charge in [-0.15, -0.1) is 0 Å². The molecule has 0 spiro atoms. The van der Waals surface area contributed by atoms with Gasteiger partial charge in [-0.3, -0.25) is 0 Å². The molecule has 0 unspecified atom stereocenters. The van der Waals surface area contributed by atoms with E-state index in [0.29, 0.717) is 12.4 Å². The Morgan fingerprint density at radius 1 is 1.53 bits per heavy atom. The number of benzene rings is 1. The van der Waals surface area contributed by atoms with Gasteiger partial charge in [-0.05, 0) is 43.3 Å². The second-order valence-electron chi connectivity index (χ2n) is 3.48. The highest BCUT2D eigenvalue weighted by Gasteiger charge is 2.01. The summed E-state index contributed by atoms with van der Waals surface area (Å²) >= 11 is 0. The minimum absolute atomic E-state index is 0.242. The smallest absolute Gasteiger partial charge is 0.123 e. The quantitative estimate of drug-likeness (QED) is 0.751. The fourth-order valence-corrected chi connectivity index (χ4v) is 1.26. The Labute approximate surface area is 89.8 Å². The molecule has 0 saturated heterocycles. The van der Waals surface area contributed by atoms with Crippen molar-refractivity contribution in [3.8, 4) is 5.75 Å². The number of nitrogens with one attached hydrogen (secondary N) is 1. The van der Waals surface area contributed by atoms with Crippen molar-refractivity contribution in [2.24, 2.45) is 0 Å². The van der Waals surface area contributed by atoms with E-state index in [0.717, 1.165) is 17.7 Å². The summed E-state index contributed by atoms with van der Waals surface area (Å²) in [5.41, 5.74) is 1.76. The third kappa shape index (κ3) is 3.72. The van der Waals surface area contributed by atoms with Crippen LogP contribution in [-0.4, -0.2) is 20.2 Å². The highest BCUT2D eigenvalue weighted by Crippen LogP contribution is 2.18. The number of aryl methyl sites for hydroxylation is 1. The van der Waals surface area contributed by atoms with Gasteiger partial charge in [0.15, 0.2) is 0 Å². The van der Waals surface area contributed by atoms with Crippen LogP contribution in [0.25, 0.3) is 0 Å². The fraction of sp³-hybridized carbons (Fsp3) is 0.333. The maximum absolute atomic E-state index is 12.8. The fourth-order valence-electron chi connectivity index (χ4n) is 1.26. The Bertz CT molecular complexity index is 349. The first-order valence-corrected chi connectivity index (χ1v) is 4.83.